The van der Waals surface area contributed by atoms with E-state index in [0.29, 0.717) is 28.3 Å². The third-order valence-electron chi connectivity index (χ3n) is 6.09. The van der Waals surface area contributed by atoms with Crippen molar-refractivity contribution < 1.29 is 14.3 Å². The lowest BCUT2D eigenvalue weighted by atomic mass is 9.87. The van der Waals surface area contributed by atoms with E-state index in [-0.39, 0.29) is 29.1 Å². The summed E-state index contributed by atoms with van der Waals surface area (Å²) in [5.41, 5.74) is 3.80. The number of nitrogens with zero attached hydrogens (tertiary/aromatic N) is 2. The van der Waals surface area contributed by atoms with Gasteiger partial charge in [-0.1, -0.05) is 69.3 Å². The van der Waals surface area contributed by atoms with Gasteiger partial charge in [0.15, 0.2) is 0 Å². The second-order valence-electron chi connectivity index (χ2n) is 9.65. The van der Waals surface area contributed by atoms with Crippen molar-refractivity contribution in [2.24, 2.45) is 4.99 Å². The van der Waals surface area contributed by atoms with Gasteiger partial charge in [0.1, 0.15) is 23.2 Å². The molecule has 0 aromatic heterocycles. The number of carbonyl (C=O) groups is 2. The Kier molecular flexibility index (Phi) is 7.21. The van der Waals surface area contributed by atoms with Gasteiger partial charge in [0.25, 0.3) is 11.8 Å². The highest BCUT2D eigenvalue weighted by molar-refractivity contribution is 6.20. The summed E-state index contributed by atoms with van der Waals surface area (Å²) in [6, 6.07) is 23.9. The molecule has 0 fully saturated rings. The van der Waals surface area contributed by atoms with Crippen LogP contribution < -0.4 is 15.4 Å². The lowest BCUT2D eigenvalue weighted by Gasteiger charge is -2.19. The molecule has 0 atom stereocenters. The van der Waals surface area contributed by atoms with Crippen molar-refractivity contribution in [2.45, 2.75) is 32.7 Å². The number of rotatable bonds is 5. The Hall–Kier alpha value is -4.70. The van der Waals surface area contributed by atoms with Gasteiger partial charge in [0, 0.05) is 23.2 Å². The molecule has 186 valence electrons. The number of nitriles is 1. The first kappa shape index (κ1) is 25.4. The number of ether oxygens (including phenoxy) is 1. The van der Waals surface area contributed by atoms with Crippen LogP contribution in [0.15, 0.2) is 83.4 Å². The molecular weight excluding hydrogens is 464 g/mol. The molecule has 0 unspecified atom stereocenters. The lowest BCUT2D eigenvalue weighted by Crippen LogP contribution is -2.30. The number of hydrogen-bond acceptors (Lipinski definition) is 5. The van der Waals surface area contributed by atoms with Gasteiger partial charge in [-0.2, -0.15) is 5.26 Å². The van der Waals surface area contributed by atoms with Crippen LogP contribution in [0.3, 0.4) is 0 Å². The molecule has 7 nitrogen and oxygen atoms in total. The van der Waals surface area contributed by atoms with E-state index < -0.39 is 5.91 Å². The number of benzene rings is 3. The fourth-order valence-electron chi connectivity index (χ4n) is 3.94. The molecule has 2 amide bonds. The third kappa shape index (κ3) is 5.60. The van der Waals surface area contributed by atoms with Crippen molar-refractivity contribution in [3.8, 4) is 11.8 Å². The van der Waals surface area contributed by atoms with Crippen LogP contribution in [0.5, 0.6) is 5.75 Å². The van der Waals surface area contributed by atoms with Crippen LogP contribution in [-0.2, 0) is 16.8 Å². The number of hydrogen-bond donors (Lipinski definition) is 2. The van der Waals surface area contributed by atoms with Crippen molar-refractivity contribution >= 4 is 23.3 Å². The van der Waals surface area contributed by atoms with Crippen LogP contribution in [0.25, 0.3) is 5.70 Å². The zero-order chi connectivity index (χ0) is 26.6. The standard InChI is InChI=1S/C30H28N4O3/c1-30(2,3)21-13-11-20(12-14-21)28(35)34-27-24-8-6-5-7-23(24)26(33-27)25(17-31)29(36)32-18-19-9-15-22(37-4)16-10-19/h5-16H,18H2,1-4H3,(H,32,36)(H,33,34,35)/b26-25+. The Labute approximate surface area is 216 Å². The summed E-state index contributed by atoms with van der Waals surface area (Å²) in [6.07, 6.45) is 0. The topological polar surface area (TPSA) is 104 Å². The zero-order valence-electron chi connectivity index (χ0n) is 21.3. The van der Waals surface area contributed by atoms with Crippen molar-refractivity contribution in [1.29, 1.82) is 5.26 Å². The minimum Gasteiger partial charge on any atom is -0.497 e. The van der Waals surface area contributed by atoms with E-state index in [2.05, 4.69) is 36.4 Å². The molecule has 1 aliphatic rings. The summed E-state index contributed by atoms with van der Waals surface area (Å²) in [4.78, 5) is 30.5. The molecule has 0 radical (unpaired) electrons. The summed E-state index contributed by atoms with van der Waals surface area (Å²) >= 11 is 0. The van der Waals surface area contributed by atoms with Crippen LogP contribution >= 0.6 is 0 Å². The Bertz CT molecular complexity index is 1440. The predicted octanol–water partition coefficient (Wildman–Crippen LogP) is 4.73. The molecule has 0 spiro atoms. The molecule has 37 heavy (non-hydrogen) atoms. The number of amidine groups is 1. The van der Waals surface area contributed by atoms with Gasteiger partial charge in [-0.05, 0) is 40.8 Å². The Morgan fingerprint density at radius 2 is 1.59 bits per heavy atom. The minimum atomic E-state index is -0.544. The molecule has 3 aromatic carbocycles. The Morgan fingerprint density at radius 3 is 2.19 bits per heavy atom. The van der Waals surface area contributed by atoms with E-state index in [9.17, 15) is 14.9 Å². The summed E-state index contributed by atoms with van der Waals surface area (Å²) in [6.45, 7) is 6.57. The predicted molar refractivity (Wildman–Crippen MR) is 143 cm³/mol. The number of nitrogens with one attached hydrogen (secondary N) is 2. The van der Waals surface area contributed by atoms with E-state index in [1.165, 1.54) is 0 Å². The van der Waals surface area contributed by atoms with Gasteiger partial charge in [0.2, 0.25) is 0 Å². The molecule has 0 saturated heterocycles. The average Bonchev–Trinajstić information content (AvgIpc) is 3.25. The molecule has 0 bridgehead atoms. The summed E-state index contributed by atoms with van der Waals surface area (Å²) in [5.74, 6) is 0.146. The van der Waals surface area contributed by atoms with Gasteiger partial charge in [-0.15, -0.1) is 0 Å². The SMILES string of the molecule is COc1ccc(CNC(=O)/C(C#N)=C2/N=C(NC(=O)c3ccc(C(C)(C)C)cc3)c3ccccc32)cc1. The summed E-state index contributed by atoms with van der Waals surface area (Å²) < 4.78 is 5.15. The highest BCUT2D eigenvalue weighted by Crippen LogP contribution is 2.31. The van der Waals surface area contributed by atoms with Gasteiger partial charge in [0.05, 0.1) is 12.8 Å². The molecule has 3 aromatic rings. The second-order valence-corrected chi connectivity index (χ2v) is 9.65. The van der Waals surface area contributed by atoms with Crippen LogP contribution in [-0.4, -0.2) is 24.8 Å². The molecule has 0 saturated carbocycles. The molecule has 1 heterocycles. The highest BCUT2D eigenvalue weighted by atomic mass is 16.5. The molecule has 7 heteroatoms. The number of fused-ring (bicyclic) bond motifs is 1. The fourth-order valence-corrected chi connectivity index (χ4v) is 3.94. The van der Waals surface area contributed by atoms with E-state index in [0.717, 1.165) is 11.1 Å². The maximum Gasteiger partial charge on any atom is 0.264 e. The van der Waals surface area contributed by atoms with Crippen LogP contribution in [0.4, 0.5) is 0 Å². The number of aliphatic imine (C=N–C) groups is 1. The van der Waals surface area contributed by atoms with E-state index in [1.54, 1.807) is 49.6 Å². The monoisotopic (exact) mass is 492 g/mol. The van der Waals surface area contributed by atoms with Crippen molar-refractivity contribution in [1.82, 2.24) is 10.6 Å². The van der Waals surface area contributed by atoms with E-state index in [4.69, 9.17) is 4.74 Å². The molecule has 0 aliphatic carbocycles. The van der Waals surface area contributed by atoms with Crippen molar-refractivity contribution in [3.05, 3.63) is 106 Å². The van der Waals surface area contributed by atoms with Gasteiger partial charge in [-0.3, -0.25) is 9.59 Å². The molecular formula is C30H28N4O3. The minimum absolute atomic E-state index is 0.0230. The number of carbonyl (C=O) groups excluding carboxylic acids is 2. The maximum absolute atomic E-state index is 13.0. The normalized spacial score (nSPS) is 13.6. The first-order valence-corrected chi connectivity index (χ1v) is 11.9. The number of amides is 2. The van der Waals surface area contributed by atoms with E-state index in [1.807, 2.05) is 36.4 Å². The van der Waals surface area contributed by atoms with Crippen LogP contribution in [0.2, 0.25) is 0 Å². The molecule has 4 rings (SSSR count). The third-order valence-corrected chi connectivity index (χ3v) is 6.09. The van der Waals surface area contributed by atoms with Crippen molar-refractivity contribution in [3.63, 3.8) is 0 Å². The molecule has 2 N–H and O–H groups in total. The summed E-state index contributed by atoms with van der Waals surface area (Å²) in [5, 5.41) is 15.5. The second kappa shape index (κ2) is 10.5. The Morgan fingerprint density at radius 1 is 0.946 bits per heavy atom. The number of methoxy groups -OCH3 is 1. The lowest BCUT2D eigenvalue weighted by molar-refractivity contribution is -0.117. The van der Waals surface area contributed by atoms with Gasteiger partial charge < -0.3 is 15.4 Å². The first-order chi connectivity index (χ1) is 17.7. The Balaban J connectivity index is 1.57. The largest absolute Gasteiger partial charge is 0.497 e. The first-order valence-electron chi connectivity index (χ1n) is 11.9. The fraction of sp³-hybridized carbons (Fsp3) is 0.200. The van der Waals surface area contributed by atoms with Gasteiger partial charge >= 0.3 is 0 Å². The van der Waals surface area contributed by atoms with Crippen molar-refractivity contribution in [2.75, 3.05) is 7.11 Å². The van der Waals surface area contributed by atoms with Gasteiger partial charge in [-0.25, -0.2) is 4.99 Å². The highest BCUT2D eigenvalue weighted by Gasteiger charge is 2.27. The maximum atomic E-state index is 13.0. The average molecular weight is 493 g/mol. The smallest absolute Gasteiger partial charge is 0.264 e. The van der Waals surface area contributed by atoms with E-state index >= 15 is 0 Å². The molecule has 1 aliphatic heterocycles. The van der Waals surface area contributed by atoms with Crippen LogP contribution in [0, 0.1) is 11.3 Å². The van der Waals surface area contributed by atoms with Crippen LogP contribution in [0.1, 0.15) is 53.4 Å². The quantitative estimate of drug-likeness (QED) is 0.397. The summed E-state index contributed by atoms with van der Waals surface area (Å²) in [7, 11) is 1.58. The zero-order valence-corrected chi connectivity index (χ0v) is 21.3.